The average Bonchev–Trinajstić information content (AvgIpc) is 2.18. The molecule has 0 amide bonds. The van der Waals surface area contributed by atoms with E-state index in [9.17, 15) is 0 Å². The van der Waals surface area contributed by atoms with Gasteiger partial charge in [0.1, 0.15) is 0 Å². The van der Waals surface area contributed by atoms with Gasteiger partial charge in [-0.1, -0.05) is 6.92 Å². The van der Waals surface area contributed by atoms with Crippen LogP contribution in [0.5, 0.6) is 0 Å². The number of hydrogen-bond donors (Lipinski definition) is 1. The first-order valence-electron chi connectivity index (χ1n) is 5.12. The molecule has 1 heterocycles. The molecule has 2 atom stereocenters. The van der Waals surface area contributed by atoms with Crippen LogP contribution in [-0.2, 0) is 0 Å². The highest BCUT2D eigenvalue weighted by molar-refractivity contribution is 4.87. The molecule has 13 heavy (non-hydrogen) atoms. The summed E-state index contributed by atoms with van der Waals surface area (Å²) in [5.41, 5.74) is 0. The molecule has 1 aliphatic heterocycles. The highest BCUT2D eigenvalue weighted by Gasteiger charge is 2.21. The number of hydrogen-bond acceptors (Lipinski definition) is 3. The predicted octanol–water partition coefficient (Wildman–Crippen LogP) is 0.972. The van der Waals surface area contributed by atoms with Gasteiger partial charge in [-0.3, -0.25) is 4.90 Å². The van der Waals surface area contributed by atoms with Crippen LogP contribution < -0.4 is 5.32 Å². The van der Waals surface area contributed by atoms with Crippen LogP contribution in [0, 0.1) is 11.3 Å². The maximum Gasteiger partial charge on any atom is 0.0638 e. The van der Waals surface area contributed by atoms with Crippen molar-refractivity contribution in [2.45, 2.75) is 38.8 Å². The molecule has 3 nitrogen and oxygen atoms in total. The number of piperazine rings is 1. The molecular formula is C10H19N3. The Morgan fingerprint density at radius 2 is 2.46 bits per heavy atom. The zero-order chi connectivity index (χ0) is 9.68. The first-order chi connectivity index (χ1) is 6.27. The van der Waals surface area contributed by atoms with Crippen molar-refractivity contribution in [1.82, 2.24) is 10.2 Å². The molecule has 0 spiro atoms. The minimum atomic E-state index is 0.382. The summed E-state index contributed by atoms with van der Waals surface area (Å²) >= 11 is 0. The Hall–Kier alpha value is -0.590. The Bertz CT molecular complexity index is 185. The van der Waals surface area contributed by atoms with E-state index in [0.29, 0.717) is 18.5 Å². The lowest BCUT2D eigenvalue weighted by Crippen LogP contribution is -2.53. The van der Waals surface area contributed by atoms with E-state index < -0.39 is 0 Å². The summed E-state index contributed by atoms with van der Waals surface area (Å²) in [5, 5.41) is 12.0. The summed E-state index contributed by atoms with van der Waals surface area (Å²) in [4.78, 5) is 2.47. The molecule has 0 radical (unpaired) electrons. The SMILES string of the molecule is CCC(C)N1CCNC(CC#N)C1. The molecule has 74 valence electrons. The van der Waals surface area contributed by atoms with Gasteiger partial charge in [-0.25, -0.2) is 0 Å². The van der Waals surface area contributed by atoms with Crippen LogP contribution in [0.25, 0.3) is 0 Å². The van der Waals surface area contributed by atoms with E-state index in [1.165, 1.54) is 6.42 Å². The van der Waals surface area contributed by atoms with E-state index in [0.717, 1.165) is 19.6 Å². The van der Waals surface area contributed by atoms with Crippen molar-refractivity contribution in [2.75, 3.05) is 19.6 Å². The molecule has 0 aromatic rings. The molecule has 0 aliphatic carbocycles. The van der Waals surface area contributed by atoms with Crippen LogP contribution in [0.3, 0.4) is 0 Å². The normalized spacial score (nSPS) is 26.7. The van der Waals surface area contributed by atoms with Crippen molar-refractivity contribution in [3.8, 4) is 6.07 Å². The van der Waals surface area contributed by atoms with Crippen LogP contribution in [-0.4, -0.2) is 36.6 Å². The van der Waals surface area contributed by atoms with Crippen molar-refractivity contribution in [1.29, 1.82) is 5.26 Å². The Morgan fingerprint density at radius 3 is 3.08 bits per heavy atom. The second kappa shape index (κ2) is 5.21. The van der Waals surface area contributed by atoms with Crippen LogP contribution >= 0.6 is 0 Å². The zero-order valence-corrected chi connectivity index (χ0v) is 8.58. The lowest BCUT2D eigenvalue weighted by atomic mass is 10.1. The summed E-state index contributed by atoms with van der Waals surface area (Å²) in [7, 11) is 0. The van der Waals surface area contributed by atoms with Gasteiger partial charge in [0, 0.05) is 31.7 Å². The Labute approximate surface area is 80.7 Å². The van der Waals surface area contributed by atoms with Crippen molar-refractivity contribution >= 4 is 0 Å². The lowest BCUT2D eigenvalue weighted by molar-refractivity contribution is 0.150. The number of nitrogens with one attached hydrogen (secondary N) is 1. The smallest absolute Gasteiger partial charge is 0.0638 e. The van der Waals surface area contributed by atoms with Crippen LogP contribution in [0.1, 0.15) is 26.7 Å². The number of rotatable bonds is 3. The van der Waals surface area contributed by atoms with Gasteiger partial charge in [0.25, 0.3) is 0 Å². The summed E-state index contributed by atoms with van der Waals surface area (Å²) in [5.74, 6) is 0. The topological polar surface area (TPSA) is 39.1 Å². The predicted molar refractivity (Wildman–Crippen MR) is 53.3 cm³/mol. The van der Waals surface area contributed by atoms with Gasteiger partial charge in [-0.2, -0.15) is 5.26 Å². The second-order valence-corrected chi connectivity index (χ2v) is 3.77. The van der Waals surface area contributed by atoms with E-state index in [1.54, 1.807) is 0 Å². The Morgan fingerprint density at radius 1 is 1.69 bits per heavy atom. The summed E-state index contributed by atoms with van der Waals surface area (Å²) in [6.07, 6.45) is 1.83. The molecule has 0 bridgehead atoms. The number of nitrogens with zero attached hydrogens (tertiary/aromatic N) is 2. The third-order valence-electron chi connectivity index (χ3n) is 2.84. The first-order valence-corrected chi connectivity index (χ1v) is 5.12. The molecule has 1 aliphatic rings. The summed E-state index contributed by atoms with van der Waals surface area (Å²) in [6, 6.07) is 3.26. The van der Waals surface area contributed by atoms with Gasteiger partial charge in [0.15, 0.2) is 0 Å². The van der Waals surface area contributed by atoms with Crippen molar-refractivity contribution < 1.29 is 0 Å². The standard InChI is InChI=1S/C10H19N3/c1-3-9(2)13-7-6-12-10(8-13)4-5-11/h9-10,12H,3-4,6-8H2,1-2H3. The summed E-state index contributed by atoms with van der Waals surface area (Å²) < 4.78 is 0. The molecule has 1 N–H and O–H groups in total. The molecule has 0 aromatic heterocycles. The van der Waals surface area contributed by atoms with Crippen molar-refractivity contribution in [2.24, 2.45) is 0 Å². The van der Waals surface area contributed by atoms with Crippen LogP contribution in [0.15, 0.2) is 0 Å². The molecule has 3 heteroatoms. The molecule has 1 saturated heterocycles. The average molecular weight is 181 g/mol. The fourth-order valence-corrected chi connectivity index (χ4v) is 1.76. The largest absolute Gasteiger partial charge is 0.310 e. The minimum absolute atomic E-state index is 0.382. The van der Waals surface area contributed by atoms with E-state index in [1.807, 2.05) is 0 Å². The van der Waals surface area contributed by atoms with E-state index in [-0.39, 0.29) is 0 Å². The van der Waals surface area contributed by atoms with Crippen LogP contribution in [0.4, 0.5) is 0 Å². The Balaban J connectivity index is 2.37. The fraction of sp³-hybridized carbons (Fsp3) is 0.900. The maximum atomic E-state index is 8.59. The monoisotopic (exact) mass is 181 g/mol. The second-order valence-electron chi connectivity index (χ2n) is 3.77. The van der Waals surface area contributed by atoms with E-state index in [4.69, 9.17) is 5.26 Å². The summed E-state index contributed by atoms with van der Waals surface area (Å²) in [6.45, 7) is 7.65. The fourth-order valence-electron chi connectivity index (χ4n) is 1.76. The molecule has 0 aromatic carbocycles. The van der Waals surface area contributed by atoms with E-state index in [2.05, 4.69) is 30.1 Å². The molecule has 1 rings (SSSR count). The molecule has 0 saturated carbocycles. The highest BCUT2D eigenvalue weighted by atomic mass is 15.2. The third kappa shape index (κ3) is 2.98. The molecule has 1 fully saturated rings. The number of nitriles is 1. The maximum absolute atomic E-state index is 8.59. The van der Waals surface area contributed by atoms with Gasteiger partial charge in [0.2, 0.25) is 0 Å². The van der Waals surface area contributed by atoms with E-state index >= 15 is 0 Å². The minimum Gasteiger partial charge on any atom is -0.310 e. The first kappa shape index (κ1) is 10.5. The Kier molecular flexibility index (Phi) is 4.20. The van der Waals surface area contributed by atoms with Gasteiger partial charge < -0.3 is 5.32 Å². The van der Waals surface area contributed by atoms with Gasteiger partial charge >= 0.3 is 0 Å². The van der Waals surface area contributed by atoms with Gasteiger partial charge in [0.05, 0.1) is 12.5 Å². The highest BCUT2D eigenvalue weighted by Crippen LogP contribution is 2.08. The van der Waals surface area contributed by atoms with Crippen LogP contribution in [0.2, 0.25) is 0 Å². The van der Waals surface area contributed by atoms with Gasteiger partial charge in [-0.15, -0.1) is 0 Å². The van der Waals surface area contributed by atoms with Crippen molar-refractivity contribution in [3.05, 3.63) is 0 Å². The molecule has 2 unspecified atom stereocenters. The van der Waals surface area contributed by atoms with Gasteiger partial charge in [-0.05, 0) is 13.3 Å². The lowest BCUT2D eigenvalue weighted by Gasteiger charge is -2.36. The molecular weight excluding hydrogens is 162 g/mol. The van der Waals surface area contributed by atoms with Crippen molar-refractivity contribution in [3.63, 3.8) is 0 Å². The third-order valence-corrected chi connectivity index (χ3v) is 2.84. The zero-order valence-electron chi connectivity index (χ0n) is 8.58. The quantitative estimate of drug-likeness (QED) is 0.705.